The van der Waals surface area contributed by atoms with E-state index in [2.05, 4.69) is 41.5 Å². The molecule has 0 aromatic rings. The van der Waals surface area contributed by atoms with Gasteiger partial charge in [0.15, 0.2) is 0 Å². The summed E-state index contributed by atoms with van der Waals surface area (Å²) >= 11 is -7.06. The Morgan fingerprint density at radius 1 is 0.308 bits per heavy atom. The second kappa shape index (κ2) is 43.5. The molecule has 0 rings (SSSR count). The molecule has 0 saturated heterocycles. The molecule has 0 heterocycles. The van der Waals surface area contributed by atoms with Gasteiger partial charge in [-0.3, -0.25) is 0 Å². The molecule has 0 N–H and O–H groups in total. The molecule has 0 aliphatic carbocycles. The molecule has 0 unspecified atom stereocenters. The van der Waals surface area contributed by atoms with Gasteiger partial charge in [-0.2, -0.15) is 0 Å². The van der Waals surface area contributed by atoms with Crippen molar-refractivity contribution in [1.29, 1.82) is 0 Å². The van der Waals surface area contributed by atoms with Crippen molar-refractivity contribution in [2.45, 2.75) is 325 Å². The molecule has 6 nitrogen and oxygen atoms in total. The topological polar surface area (TPSA) is 86.7 Å². The van der Waals surface area contributed by atoms with Gasteiger partial charge in [-0.15, -0.1) is 0 Å². The molecule has 7 heteroatoms. The van der Waals surface area contributed by atoms with Gasteiger partial charge in [0.2, 0.25) is 0 Å². The zero-order chi connectivity index (χ0) is 48.3. The van der Waals surface area contributed by atoms with Gasteiger partial charge in [0.1, 0.15) is 0 Å². The molecule has 0 atom stereocenters. The van der Waals surface area contributed by atoms with E-state index in [1.807, 2.05) is 13.8 Å². The molecule has 65 heavy (non-hydrogen) atoms. The van der Waals surface area contributed by atoms with Crippen LogP contribution in [0.25, 0.3) is 0 Å². The molecule has 0 bridgehead atoms. The van der Waals surface area contributed by atoms with E-state index in [1.54, 1.807) is 0 Å². The van der Waals surface area contributed by atoms with Gasteiger partial charge in [-0.05, 0) is 17.8 Å². The Morgan fingerprint density at radius 3 is 0.754 bits per heavy atom. The third kappa shape index (κ3) is 38.0. The third-order valence-electron chi connectivity index (χ3n) is 13.7. The molecular formula is C58H114O6Zr. The second-order valence-electron chi connectivity index (χ2n) is 22.5. The number of hydrogen-bond donors (Lipinski definition) is 0. The quantitative estimate of drug-likeness (QED) is 0.0564. The van der Waals surface area contributed by atoms with Crippen LogP contribution in [0.3, 0.4) is 0 Å². The van der Waals surface area contributed by atoms with Gasteiger partial charge in [-0.1, -0.05) is 106 Å². The number of unbranched alkanes of at least 4 members (excludes halogenated alkanes) is 33. The molecular weight excluding hydrogens is 884 g/mol. The summed E-state index contributed by atoms with van der Waals surface area (Å²) in [6.07, 6.45) is 46.1. The second-order valence-corrected chi connectivity index (χ2v) is 31.3. The summed E-state index contributed by atoms with van der Waals surface area (Å²) in [6, 6.07) is 0. The minimum atomic E-state index is -7.06. The molecule has 0 aromatic heterocycles. The Kier molecular flexibility index (Phi) is 43.1. The fraction of sp³-hybridized carbons (Fsp3) is 0.948. The van der Waals surface area contributed by atoms with Gasteiger partial charge in [0.25, 0.3) is 0 Å². The van der Waals surface area contributed by atoms with E-state index in [0.717, 1.165) is 75.5 Å². The maximum atomic E-state index is 15.4. The Balaban J connectivity index is 5.08. The standard InChI is InChI=1S/C18H36O2.2C18H35O.C4H9O.O.Zr/c1-17(2)15-13-11-9-7-5-3-4-6-8-10-12-14-16-18(19)20;2*1-18(2)16-14-12-10-8-6-4-3-5-7-9-11-13-15-17-19;1-4(2)3-5;;/h17H,3-16H2,1-2H3,(H,19,20);2*18H,3-16H2,1-2H3;4H,3H2,1-2H3;;/q;;;-1;;+2/p-1. The van der Waals surface area contributed by atoms with Crippen molar-refractivity contribution in [3.05, 3.63) is 0 Å². The van der Waals surface area contributed by atoms with Crippen LogP contribution in [-0.4, -0.2) is 19.6 Å². The van der Waals surface area contributed by atoms with Crippen LogP contribution < -0.4 is 0 Å². The van der Waals surface area contributed by atoms with Crippen molar-refractivity contribution in [2.24, 2.45) is 23.7 Å². The van der Waals surface area contributed by atoms with Crippen molar-refractivity contribution in [2.75, 3.05) is 6.61 Å². The van der Waals surface area contributed by atoms with Gasteiger partial charge in [0, 0.05) is 0 Å². The molecule has 0 aliphatic heterocycles. The van der Waals surface area contributed by atoms with Crippen LogP contribution in [0.2, 0.25) is 0 Å². The number of hydrogen-bond acceptors (Lipinski definition) is 6. The van der Waals surface area contributed by atoms with Crippen molar-refractivity contribution in [3.8, 4) is 0 Å². The molecule has 386 valence electrons. The molecule has 0 aliphatic rings. The van der Waals surface area contributed by atoms with Crippen LogP contribution in [-0.2, 0) is 42.5 Å². The van der Waals surface area contributed by atoms with E-state index >= 15 is 2.81 Å². The normalized spacial score (nSPS) is 12.4. The molecule has 0 amide bonds. The van der Waals surface area contributed by atoms with Crippen molar-refractivity contribution in [1.82, 2.24) is 0 Å². The van der Waals surface area contributed by atoms with Crippen LogP contribution in [0.5, 0.6) is 0 Å². The first-order chi connectivity index (χ1) is 31.2. The number of carbonyl (C=O) groups is 3. The first-order valence-electron chi connectivity index (χ1n) is 29.0. The Bertz CT molecular complexity index is 1120. The fourth-order valence-corrected chi connectivity index (χ4v) is 17.3. The zero-order valence-corrected chi connectivity index (χ0v) is 47.6. The van der Waals surface area contributed by atoms with Gasteiger partial charge in [0.05, 0.1) is 0 Å². The van der Waals surface area contributed by atoms with Crippen molar-refractivity contribution >= 4 is 13.0 Å². The average Bonchev–Trinajstić information content (AvgIpc) is 3.25. The molecule has 0 fully saturated rings. The zero-order valence-electron chi connectivity index (χ0n) is 45.2. The molecule has 0 saturated carbocycles. The number of carbonyl (C=O) groups excluding carboxylic acids is 3. The summed E-state index contributed by atoms with van der Waals surface area (Å²) in [5, 5.41) is 0. The smallest absolute Gasteiger partial charge is 0.0628 e. The summed E-state index contributed by atoms with van der Waals surface area (Å²) < 4.78 is 25.9. The summed E-state index contributed by atoms with van der Waals surface area (Å²) in [5.74, 6) is 1.67. The van der Waals surface area contributed by atoms with Crippen LogP contribution in [0.1, 0.15) is 325 Å². The summed E-state index contributed by atoms with van der Waals surface area (Å²) in [4.78, 5) is 42.0. The van der Waals surface area contributed by atoms with Crippen LogP contribution in [0.4, 0.5) is 0 Å². The van der Waals surface area contributed by atoms with E-state index < -0.39 is 32.6 Å². The van der Waals surface area contributed by atoms with E-state index in [1.165, 1.54) is 173 Å². The predicted octanol–water partition coefficient (Wildman–Crippen LogP) is 19.5. The van der Waals surface area contributed by atoms with E-state index in [0.29, 0.717) is 19.3 Å². The summed E-state index contributed by atoms with van der Waals surface area (Å²) in [5.41, 5.74) is 0. The summed E-state index contributed by atoms with van der Waals surface area (Å²) in [6.45, 7) is 17.6. The van der Waals surface area contributed by atoms with Gasteiger partial charge in [-0.25, -0.2) is 0 Å². The summed E-state index contributed by atoms with van der Waals surface area (Å²) in [7, 11) is 0. The van der Waals surface area contributed by atoms with Crippen LogP contribution >= 0.6 is 0 Å². The van der Waals surface area contributed by atoms with Gasteiger partial charge >= 0.3 is 287 Å². The Hall–Kier alpha value is -0.547. The van der Waals surface area contributed by atoms with Crippen molar-refractivity contribution < 1.29 is 42.5 Å². The van der Waals surface area contributed by atoms with Crippen molar-refractivity contribution in [3.63, 3.8) is 0 Å². The van der Waals surface area contributed by atoms with E-state index in [-0.39, 0.29) is 31.8 Å². The van der Waals surface area contributed by atoms with Gasteiger partial charge < -0.3 is 0 Å². The number of rotatable bonds is 51. The first-order valence-corrected chi connectivity index (χ1v) is 34.5. The maximum absolute atomic E-state index is 15.4. The minimum absolute atomic E-state index is 0.0290. The van der Waals surface area contributed by atoms with Crippen LogP contribution in [0, 0.1) is 23.7 Å². The predicted molar refractivity (Wildman–Crippen MR) is 276 cm³/mol. The fourth-order valence-electron chi connectivity index (χ4n) is 9.27. The van der Waals surface area contributed by atoms with Crippen LogP contribution in [0.15, 0.2) is 0 Å². The Labute approximate surface area is 408 Å². The SMILES string of the molecule is CC(C)CCCCCCCCCCCCCCC(=O)[O][Zr](=[O])([O]CC(C)C)([C](=O)CCCCCCCCCCCCCCC(C)C)[C](=O)CCCCCCCCCCCCCCC(C)C. The third-order valence-corrected chi connectivity index (χ3v) is 22.9. The van der Waals surface area contributed by atoms with E-state index in [4.69, 9.17) is 5.63 Å². The monoisotopic (exact) mass is 997 g/mol. The average molecular weight is 999 g/mol. The minimum Gasteiger partial charge on any atom is -0.0628 e. The Morgan fingerprint density at radius 2 is 0.523 bits per heavy atom. The van der Waals surface area contributed by atoms with E-state index in [9.17, 15) is 14.4 Å². The first kappa shape index (κ1) is 64.5. The molecule has 0 spiro atoms. The molecule has 0 radical (unpaired) electrons. The molecule has 0 aromatic carbocycles.